The number of hydrogen-bond donors (Lipinski definition) is 17. The number of nitrogens with two attached hydrogens (primary N) is 1. The van der Waals surface area contributed by atoms with E-state index in [0.29, 0.717) is 36.9 Å². The molecule has 1 aliphatic rings. The van der Waals surface area contributed by atoms with Gasteiger partial charge in [-0.2, -0.15) is 0 Å². The number of carboxylic acid groups (broad SMARTS) is 3. The first-order valence-electron chi connectivity index (χ1n) is 44.9. The van der Waals surface area contributed by atoms with Crippen molar-refractivity contribution < 1.29 is 142 Å². The average molecular weight is 1890 g/mol. The number of Topliss-reactive ketones (excluding diaryl/α,β-unsaturated/α-hetero) is 8. The Balaban J connectivity index is 1.53. The van der Waals surface area contributed by atoms with Gasteiger partial charge in [0.15, 0.2) is 34.7 Å². The van der Waals surface area contributed by atoms with Crippen LogP contribution in [0.5, 0.6) is 11.5 Å². The fourth-order valence-corrected chi connectivity index (χ4v) is 16.2. The van der Waals surface area contributed by atoms with Crippen LogP contribution in [-0.4, -0.2) is 255 Å². The second-order valence-corrected chi connectivity index (χ2v) is 36.8. The standard InChI is InChI=1S/C94H133N9O29S/c1-10-53(4)85(80(117)40-61(34-58-21-26-65(108)27-22-58)88(127)98-72(33-52(2)3)76(113)38-62(42-83(121)122)87(126)97-54(5)17-14-15-31-95)102-90(129)64(49-104)41-77(114)73(36-59-23-28-66(109)29-24-59)99-89(128)63(43-84(123)124)39-78(115)75(50-105)101-92(131)71(56(7)107)45-79(116)74(35-57-18-12-11-13-19-57)100-91(130)70(55(6)106)44-69(112)48-96-86(125)60(25-30-82(119)120)37-68(111)47-94(8,9)46-67(110)20-16-32-103-81(118)51-133-93(103)132/h11-13,18-19,21-24,26-29,52-56,60-64,70-75,85,104-109H,10,14-17,20,25,30-51,95H2,1-9H3,(H,96,125)(H,97,126)(H,98,127)(H,99,128)(H,100,130)(H,101,131)(H,102,129)(H,119,120)(H,121,122)(H,123,124)/t53-,54+,55+,56+,60+,61+,62-,63-,64-,70-,71-,72-,73-,74-,75-,85-/m0/s1. The summed E-state index contributed by atoms with van der Waals surface area (Å²) in [6, 6.07) is 10.4. The predicted molar refractivity (Wildman–Crippen MR) is 483 cm³/mol. The topological polar surface area (TPSA) is 637 Å². The fraction of sp³-hybridized carbons (Fsp3) is 0.596. The number of aliphatic hydroxyl groups excluding tert-OH is 4. The van der Waals surface area contributed by atoms with Crippen molar-refractivity contribution in [1.82, 2.24) is 42.1 Å². The maximum absolute atomic E-state index is 14.9. The summed E-state index contributed by atoms with van der Waals surface area (Å²) < 4.78 is 0. The maximum atomic E-state index is 14.9. The van der Waals surface area contributed by atoms with E-state index in [4.69, 9.17) is 5.73 Å². The Morgan fingerprint density at radius 1 is 0.451 bits per heavy atom. The largest absolute Gasteiger partial charge is 0.508 e. The highest BCUT2D eigenvalue weighted by Gasteiger charge is 2.42. The summed E-state index contributed by atoms with van der Waals surface area (Å²) in [6.45, 7) is 11.4. The molecule has 18 N–H and O–H groups in total. The number of amides is 9. The number of aliphatic carboxylic acids is 3. The summed E-state index contributed by atoms with van der Waals surface area (Å²) >= 11 is 0.859. The molecule has 3 aromatic rings. The number of carbonyl (C=O) groups excluding carboxylic acids is 17. The number of phenols is 2. The third-order valence-electron chi connectivity index (χ3n) is 23.2. The Hall–Kier alpha value is -11.4. The van der Waals surface area contributed by atoms with Crippen LogP contribution in [0, 0.1) is 58.7 Å². The van der Waals surface area contributed by atoms with Gasteiger partial charge in [0, 0.05) is 95.1 Å². The molecule has 0 aromatic heterocycles. The van der Waals surface area contributed by atoms with E-state index in [1.54, 1.807) is 78.8 Å². The first kappa shape index (κ1) is 114. The number of carboxylic acids is 3. The smallest absolute Gasteiger partial charge is 0.304 e. The summed E-state index contributed by atoms with van der Waals surface area (Å²) in [5, 5.41) is 111. The third kappa shape index (κ3) is 41.3. The van der Waals surface area contributed by atoms with Crippen molar-refractivity contribution >= 4 is 128 Å². The van der Waals surface area contributed by atoms with Crippen LogP contribution in [0.15, 0.2) is 78.9 Å². The molecule has 0 unspecified atom stereocenters. The second-order valence-electron chi connectivity index (χ2n) is 35.9. The van der Waals surface area contributed by atoms with Crippen LogP contribution < -0.4 is 43.0 Å². The molecule has 3 aromatic carbocycles. The van der Waals surface area contributed by atoms with Gasteiger partial charge in [-0.25, -0.2) is 0 Å². The summed E-state index contributed by atoms with van der Waals surface area (Å²) in [5.74, 6) is -30.2. The number of benzene rings is 3. The number of aliphatic hydroxyl groups is 4. The van der Waals surface area contributed by atoms with E-state index < -0.39 is 297 Å². The number of thioether (sulfide) groups is 1. The Morgan fingerprint density at radius 2 is 0.917 bits per heavy atom. The van der Waals surface area contributed by atoms with E-state index >= 15 is 0 Å². The van der Waals surface area contributed by atoms with Gasteiger partial charge in [0.2, 0.25) is 47.3 Å². The normalized spacial score (nSPS) is 15.8. The number of rotatable bonds is 67. The Kier molecular flexibility index (Phi) is 49.0. The van der Waals surface area contributed by atoms with Crippen molar-refractivity contribution in [2.24, 2.45) is 64.4 Å². The predicted octanol–water partition coefficient (Wildman–Crippen LogP) is 3.83. The third-order valence-corrected chi connectivity index (χ3v) is 24.1. The van der Waals surface area contributed by atoms with Crippen LogP contribution >= 0.6 is 11.8 Å². The zero-order valence-electron chi connectivity index (χ0n) is 76.9. The van der Waals surface area contributed by atoms with Gasteiger partial charge in [0.05, 0.1) is 104 Å². The first-order valence-corrected chi connectivity index (χ1v) is 45.9. The van der Waals surface area contributed by atoms with E-state index in [2.05, 4.69) is 37.2 Å². The van der Waals surface area contributed by atoms with Crippen molar-refractivity contribution in [2.45, 2.75) is 258 Å². The van der Waals surface area contributed by atoms with Gasteiger partial charge in [0.1, 0.15) is 29.1 Å². The van der Waals surface area contributed by atoms with E-state index in [1.165, 1.54) is 48.5 Å². The van der Waals surface area contributed by atoms with Gasteiger partial charge in [0.25, 0.3) is 5.24 Å². The summed E-state index contributed by atoms with van der Waals surface area (Å²) in [6.07, 6.45) is -10.4. The fourth-order valence-electron chi connectivity index (χ4n) is 15.5. The minimum absolute atomic E-state index is 0.00683. The van der Waals surface area contributed by atoms with Crippen molar-refractivity contribution in [1.29, 1.82) is 0 Å². The monoisotopic (exact) mass is 1880 g/mol. The molecule has 0 spiro atoms. The lowest BCUT2D eigenvalue weighted by Crippen LogP contribution is -2.52. The molecule has 9 amide bonds. The number of imide groups is 1. The summed E-state index contributed by atoms with van der Waals surface area (Å²) in [5.41, 5.74) is 5.82. The van der Waals surface area contributed by atoms with Gasteiger partial charge in [-0.05, 0) is 137 Å². The van der Waals surface area contributed by atoms with Crippen LogP contribution in [0.3, 0.4) is 0 Å². The quantitative estimate of drug-likeness (QED) is 0.0357. The lowest BCUT2D eigenvalue weighted by atomic mass is 9.79. The van der Waals surface area contributed by atoms with Gasteiger partial charge in [-0.1, -0.05) is 121 Å². The number of ketones is 8. The molecule has 1 aliphatic heterocycles. The average Bonchev–Trinajstić information content (AvgIpc) is 1.29. The molecular formula is C94H133N9O29S. The molecule has 4 rings (SSSR count). The number of nitrogens with one attached hydrogen (secondary N) is 7. The number of phenolic OH excluding ortho intramolecular Hbond substituents is 2. The first-order chi connectivity index (χ1) is 62.6. The molecule has 0 aliphatic carbocycles. The zero-order valence-corrected chi connectivity index (χ0v) is 77.8. The molecule has 0 radical (unpaired) electrons. The minimum Gasteiger partial charge on any atom is -0.508 e. The van der Waals surface area contributed by atoms with Gasteiger partial charge in [-0.15, -0.1) is 0 Å². The summed E-state index contributed by atoms with van der Waals surface area (Å²) in [7, 11) is 0. The molecule has 16 atom stereocenters. The molecular weight excluding hydrogens is 1750 g/mol. The Bertz CT molecular complexity index is 4490. The molecule has 0 bridgehead atoms. The van der Waals surface area contributed by atoms with E-state index in [9.17, 15) is 142 Å². The van der Waals surface area contributed by atoms with Crippen LogP contribution in [0.2, 0.25) is 0 Å². The van der Waals surface area contributed by atoms with Gasteiger partial charge >= 0.3 is 17.9 Å². The molecule has 0 saturated carbocycles. The maximum Gasteiger partial charge on any atom is 0.304 e. The van der Waals surface area contributed by atoms with Crippen LogP contribution in [-0.2, 0) is 110 Å². The number of hydrogen-bond acceptors (Lipinski definition) is 28. The molecule has 734 valence electrons. The highest BCUT2D eigenvalue weighted by atomic mass is 32.2. The minimum atomic E-state index is -2.00. The van der Waals surface area contributed by atoms with Crippen molar-refractivity contribution in [2.75, 3.05) is 38.6 Å². The van der Waals surface area contributed by atoms with Gasteiger partial charge in [-0.3, -0.25) is 101 Å². The highest BCUT2D eigenvalue weighted by Crippen LogP contribution is 2.31. The molecule has 1 heterocycles. The molecule has 1 fully saturated rings. The van der Waals surface area contributed by atoms with Crippen molar-refractivity contribution in [3.8, 4) is 11.5 Å². The van der Waals surface area contributed by atoms with Crippen LogP contribution in [0.4, 0.5) is 4.79 Å². The molecule has 1 saturated heterocycles. The van der Waals surface area contributed by atoms with E-state index in [-0.39, 0.29) is 105 Å². The number of unbranched alkanes of at least 4 members (excludes halogenated alkanes) is 1. The second kappa shape index (κ2) is 57.2. The number of carbonyl (C=O) groups is 20. The molecule has 39 heteroatoms. The van der Waals surface area contributed by atoms with Crippen molar-refractivity contribution in [3.05, 3.63) is 95.6 Å². The highest BCUT2D eigenvalue weighted by molar-refractivity contribution is 8.14. The van der Waals surface area contributed by atoms with Crippen LogP contribution in [0.1, 0.15) is 207 Å². The SMILES string of the molecule is CC[C@H](C)[C@H](NC(=O)[C@H](CO)CC(=O)[C@H](Cc1ccc(O)cc1)NC(=O)[C@H](CC(=O)O)CC(=O)[C@H](CO)NC(=O)[C@@H](CC(=O)[C@H](Cc1ccccc1)NC(=O)[C@@H](CC(=O)CNC(=O)[C@H](CCC(=O)O)CC(=O)CC(C)(C)CC(=O)CCCN1C(=O)CSC1=O)[C@@H](C)O)[C@@H](C)O)C(=O)C[C@@H](Cc1ccc(O)cc1)C(=O)N[C@@H](CC(C)C)C(=O)C[C@@H](CC(=O)O)C(=O)N[C@H](C)CCCCN. The van der Waals surface area contributed by atoms with Gasteiger partial charge < -0.3 is 88.9 Å². The Morgan fingerprint density at radius 3 is 1.42 bits per heavy atom. The van der Waals surface area contributed by atoms with E-state index in [0.717, 1.165) is 30.5 Å². The lowest BCUT2D eigenvalue weighted by Gasteiger charge is -2.28. The lowest BCUT2D eigenvalue weighted by molar-refractivity contribution is -0.143. The molecule has 38 nitrogen and oxygen atoms in total. The Labute approximate surface area is 777 Å². The summed E-state index contributed by atoms with van der Waals surface area (Å²) in [4.78, 5) is 274. The van der Waals surface area contributed by atoms with Crippen LogP contribution in [0.25, 0.3) is 0 Å². The van der Waals surface area contributed by atoms with E-state index in [1.807, 2.05) is 0 Å². The van der Waals surface area contributed by atoms with Crippen molar-refractivity contribution in [3.63, 3.8) is 0 Å². The number of aromatic hydroxyl groups is 2. The number of nitrogens with zero attached hydrogens (tertiary/aromatic N) is 1. The molecule has 133 heavy (non-hydrogen) atoms. The zero-order chi connectivity index (χ0) is 99.7.